The molecule has 0 aliphatic rings. The highest BCUT2D eigenvalue weighted by Gasteiger charge is 2.14. The highest BCUT2D eigenvalue weighted by atomic mass is 32.1. The zero-order valence-corrected chi connectivity index (χ0v) is 8.27. The zero-order valence-electron chi connectivity index (χ0n) is 7.45. The Labute approximate surface area is 77.2 Å². The monoisotopic (exact) mass is 185 g/mol. The molecule has 0 bridgehead atoms. The molecule has 2 unspecified atom stereocenters. The summed E-state index contributed by atoms with van der Waals surface area (Å²) in [5.74, 6) is 0. The predicted octanol–water partition coefficient (Wildman–Crippen LogP) is 1.78. The first-order valence-electron chi connectivity index (χ1n) is 4.19. The van der Waals surface area contributed by atoms with E-state index in [-0.39, 0.29) is 12.1 Å². The SMILES string of the molecule is CCNC(C)C(O)c1ccsc1. The van der Waals surface area contributed by atoms with Crippen LogP contribution in [0.5, 0.6) is 0 Å². The molecule has 0 saturated carbocycles. The van der Waals surface area contributed by atoms with Gasteiger partial charge in [0.1, 0.15) is 0 Å². The van der Waals surface area contributed by atoms with E-state index in [0.29, 0.717) is 0 Å². The third kappa shape index (κ3) is 2.30. The van der Waals surface area contributed by atoms with Crippen LogP contribution < -0.4 is 5.32 Å². The Balaban J connectivity index is 2.53. The smallest absolute Gasteiger partial charge is 0.0948 e. The Bertz CT molecular complexity index is 210. The summed E-state index contributed by atoms with van der Waals surface area (Å²) in [6.45, 7) is 4.92. The Morgan fingerprint density at radius 1 is 1.67 bits per heavy atom. The molecule has 1 heterocycles. The highest BCUT2D eigenvalue weighted by Crippen LogP contribution is 2.18. The molecule has 0 amide bonds. The molecule has 2 N–H and O–H groups in total. The Hall–Kier alpha value is -0.380. The maximum absolute atomic E-state index is 9.75. The van der Waals surface area contributed by atoms with Gasteiger partial charge in [0.05, 0.1) is 6.10 Å². The van der Waals surface area contributed by atoms with E-state index < -0.39 is 0 Å². The van der Waals surface area contributed by atoms with Gasteiger partial charge in [-0.1, -0.05) is 6.92 Å². The number of aliphatic hydroxyl groups excluding tert-OH is 1. The topological polar surface area (TPSA) is 32.3 Å². The lowest BCUT2D eigenvalue weighted by molar-refractivity contribution is 0.137. The largest absolute Gasteiger partial charge is 0.387 e. The van der Waals surface area contributed by atoms with Crippen LogP contribution in [0.4, 0.5) is 0 Å². The second-order valence-corrected chi connectivity index (χ2v) is 3.63. The van der Waals surface area contributed by atoms with Crippen molar-refractivity contribution in [2.45, 2.75) is 26.0 Å². The summed E-state index contributed by atoms with van der Waals surface area (Å²) in [5, 5.41) is 16.9. The van der Waals surface area contributed by atoms with Crippen LogP contribution in [0.2, 0.25) is 0 Å². The third-order valence-corrected chi connectivity index (χ3v) is 2.59. The van der Waals surface area contributed by atoms with Crippen LogP contribution in [0.3, 0.4) is 0 Å². The van der Waals surface area contributed by atoms with E-state index in [2.05, 4.69) is 5.32 Å². The molecular weight excluding hydrogens is 170 g/mol. The summed E-state index contributed by atoms with van der Waals surface area (Å²) in [6, 6.07) is 2.09. The van der Waals surface area contributed by atoms with Crippen LogP contribution in [0.1, 0.15) is 25.5 Å². The molecule has 1 aromatic rings. The summed E-state index contributed by atoms with van der Waals surface area (Å²) < 4.78 is 0. The number of likely N-dealkylation sites (N-methyl/N-ethyl adjacent to an activating group) is 1. The first-order valence-corrected chi connectivity index (χ1v) is 5.13. The zero-order chi connectivity index (χ0) is 8.97. The number of hydrogen-bond acceptors (Lipinski definition) is 3. The van der Waals surface area contributed by atoms with Crippen LogP contribution in [0.15, 0.2) is 16.8 Å². The van der Waals surface area contributed by atoms with Gasteiger partial charge in [0, 0.05) is 6.04 Å². The van der Waals surface area contributed by atoms with Gasteiger partial charge in [0.15, 0.2) is 0 Å². The number of thiophene rings is 1. The van der Waals surface area contributed by atoms with Gasteiger partial charge in [-0.2, -0.15) is 11.3 Å². The van der Waals surface area contributed by atoms with Gasteiger partial charge >= 0.3 is 0 Å². The van der Waals surface area contributed by atoms with Crippen LogP contribution in [-0.2, 0) is 0 Å². The molecule has 0 radical (unpaired) electrons. The Kier molecular flexibility index (Phi) is 3.72. The normalized spacial score (nSPS) is 15.9. The van der Waals surface area contributed by atoms with Gasteiger partial charge in [-0.25, -0.2) is 0 Å². The number of rotatable bonds is 4. The second-order valence-electron chi connectivity index (χ2n) is 2.85. The van der Waals surface area contributed by atoms with Gasteiger partial charge in [-0.15, -0.1) is 0 Å². The van der Waals surface area contributed by atoms with Gasteiger partial charge in [0.2, 0.25) is 0 Å². The first kappa shape index (κ1) is 9.71. The molecule has 68 valence electrons. The van der Waals surface area contributed by atoms with Gasteiger partial charge in [-0.3, -0.25) is 0 Å². The Morgan fingerprint density at radius 3 is 2.92 bits per heavy atom. The number of aliphatic hydroxyl groups is 1. The summed E-state index contributed by atoms with van der Waals surface area (Å²) in [5.41, 5.74) is 1.01. The average molecular weight is 185 g/mol. The molecular formula is C9H15NOS. The first-order chi connectivity index (χ1) is 5.75. The van der Waals surface area contributed by atoms with Crippen LogP contribution >= 0.6 is 11.3 Å². The molecule has 1 rings (SSSR count). The second kappa shape index (κ2) is 4.60. The minimum absolute atomic E-state index is 0.129. The molecule has 12 heavy (non-hydrogen) atoms. The van der Waals surface area contributed by atoms with Crippen molar-refractivity contribution in [2.75, 3.05) is 6.54 Å². The molecule has 0 spiro atoms. The van der Waals surface area contributed by atoms with E-state index in [4.69, 9.17) is 0 Å². The van der Waals surface area contributed by atoms with Crippen molar-refractivity contribution < 1.29 is 5.11 Å². The average Bonchev–Trinajstić information content (AvgIpc) is 2.55. The molecule has 1 aromatic heterocycles. The molecule has 2 nitrogen and oxygen atoms in total. The third-order valence-electron chi connectivity index (χ3n) is 1.88. The van der Waals surface area contributed by atoms with E-state index in [1.54, 1.807) is 11.3 Å². The lowest BCUT2D eigenvalue weighted by Crippen LogP contribution is -2.31. The van der Waals surface area contributed by atoms with E-state index in [9.17, 15) is 5.11 Å². The summed E-state index contributed by atoms with van der Waals surface area (Å²) in [7, 11) is 0. The standard InChI is InChI=1S/C9H15NOS/c1-3-10-7(2)9(11)8-4-5-12-6-8/h4-7,9-11H,3H2,1-2H3. The van der Waals surface area contributed by atoms with Crippen molar-refractivity contribution in [2.24, 2.45) is 0 Å². The van der Waals surface area contributed by atoms with E-state index in [1.807, 2.05) is 30.7 Å². The summed E-state index contributed by atoms with van der Waals surface area (Å²) in [4.78, 5) is 0. The molecule has 0 aromatic carbocycles. The van der Waals surface area contributed by atoms with Crippen molar-refractivity contribution >= 4 is 11.3 Å². The summed E-state index contributed by atoms with van der Waals surface area (Å²) >= 11 is 1.62. The molecule has 3 heteroatoms. The molecule has 0 aliphatic carbocycles. The lowest BCUT2D eigenvalue weighted by Gasteiger charge is -2.18. The Morgan fingerprint density at radius 2 is 2.42 bits per heavy atom. The van der Waals surface area contributed by atoms with Crippen LogP contribution in [-0.4, -0.2) is 17.7 Å². The molecule has 0 aliphatic heterocycles. The van der Waals surface area contributed by atoms with Crippen molar-refractivity contribution in [1.29, 1.82) is 0 Å². The van der Waals surface area contributed by atoms with Gasteiger partial charge in [0.25, 0.3) is 0 Å². The minimum Gasteiger partial charge on any atom is -0.387 e. The van der Waals surface area contributed by atoms with Gasteiger partial charge in [-0.05, 0) is 35.9 Å². The summed E-state index contributed by atoms with van der Waals surface area (Å²) in [6.07, 6.45) is -0.379. The predicted molar refractivity (Wildman–Crippen MR) is 52.4 cm³/mol. The van der Waals surface area contributed by atoms with Crippen molar-refractivity contribution in [3.05, 3.63) is 22.4 Å². The van der Waals surface area contributed by atoms with E-state index in [0.717, 1.165) is 12.1 Å². The molecule has 0 saturated heterocycles. The quantitative estimate of drug-likeness (QED) is 0.749. The fraction of sp³-hybridized carbons (Fsp3) is 0.556. The number of hydrogen-bond donors (Lipinski definition) is 2. The van der Waals surface area contributed by atoms with Crippen molar-refractivity contribution in [3.63, 3.8) is 0 Å². The van der Waals surface area contributed by atoms with Crippen LogP contribution in [0.25, 0.3) is 0 Å². The number of nitrogens with one attached hydrogen (secondary N) is 1. The minimum atomic E-state index is -0.379. The van der Waals surface area contributed by atoms with E-state index in [1.165, 1.54) is 0 Å². The maximum atomic E-state index is 9.75. The highest BCUT2D eigenvalue weighted by molar-refractivity contribution is 7.07. The molecule has 0 fully saturated rings. The van der Waals surface area contributed by atoms with Crippen molar-refractivity contribution in [3.8, 4) is 0 Å². The van der Waals surface area contributed by atoms with Crippen molar-refractivity contribution in [1.82, 2.24) is 5.32 Å². The fourth-order valence-corrected chi connectivity index (χ4v) is 1.85. The van der Waals surface area contributed by atoms with E-state index >= 15 is 0 Å². The van der Waals surface area contributed by atoms with Gasteiger partial charge < -0.3 is 10.4 Å². The fourth-order valence-electron chi connectivity index (χ4n) is 1.17. The lowest BCUT2D eigenvalue weighted by atomic mass is 10.1. The maximum Gasteiger partial charge on any atom is 0.0948 e. The van der Waals surface area contributed by atoms with Crippen LogP contribution in [0, 0.1) is 0 Å². The molecule has 2 atom stereocenters.